The fourth-order valence-corrected chi connectivity index (χ4v) is 1.88. The molecule has 1 N–H and O–H groups in total. The quantitative estimate of drug-likeness (QED) is 0.800. The van der Waals surface area contributed by atoms with Crippen molar-refractivity contribution in [2.45, 2.75) is 26.1 Å². The van der Waals surface area contributed by atoms with Gasteiger partial charge < -0.3 is 9.94 Å². The van der Waals surface area contributed by atoms with Gasteiger partial charge in [-0.2, -0.15) is 0 Å². The maximum Gasteiger partial charge on any atom is 0.161 e. The van der Waals surface area contributed by atoms with E-state index in [0.717, 1.165) is 11.3 Å². The van der Waals surface area contributed by atoms with E-state index in [2.05, 4.69) is 5.16 Å². The van der Waals surface area contributed by atoms with Crippen molar-refractivity contribution in [1.29, 1.82) is 0 Å². The van der Waals surface area contributed by atoms with Gasteiger partial charge in [-0.3, -0.25) is 0 Å². The minimum atomic E-state index is -0.495. The molecule has 3 heteroatoms. The van der Waals surface area contributed by atoms with Gasteiger partial charge >= 0.3 is 0 Å². The van der Waals surface area contributed by atoms with Crippen molar-refractivity contribution in [2.75, 3.05) is 0 Å². The van der Waals surface area contributed by atoms with E-state index in [0.29, 0.717) is 0 Å². The third-order valence-corrected chi connectivity index (χ3v) is 2.74. The van der Waals surface area contributed by atoms with Gasteiger partial charge in [0.2, 0.25) is 0 Å². The van der Waals surface area contributed by atoms with Crippen LogP contribution < -0.4 is 0 Å². The number of aliphatic hydroxyl groups is 1. The van der Waals surface area contributed by atoms with Gasteiger partial charge in [0.1, 0.15) is 0 Å². The number of rotatable bonds is 2. The van der Waals surface area contributed by atoms with E-state index in [9.17, 15) is 5.11 Å². The number of benzene rings is 1. The average Bonchev–Trinajstić information content (AvgIpc) is 2.61. The topological polar surface area (TPSA) is 41.8 Å². The smallest absolute Gasteiger partial charge is 0.161 e. The SMILES string of the molecule is C[C@H](O)[C@H]1ON=C(c2ccccc2)[C@H]1C. The Hall–Kier alpha value is -1.35. The molecule has 15 heavy (non-hydrogen) atoms. The van der Waals surface area contributed by atoms with Crippen LogP contribution in [0.1, 0.15) is 19.4 Å². The van der Waals surface area contributed by atoms with Gasteiger partial charge in [0.15, 0.2) is 6.10 Å². The highest BCUT2D eigenvalue weighted by Crippen LogP contribution is 2.24. The highest BCUT2D eigenvalue weighted by Gasteiger charge is 2.34. The van der Waals surface area contributed by atoms with E-state index in [1.165, 1.54) is 0 Å². The van der Waals surface area contributed by atoms with Crippen LogP contribution in [0.25, 0.3) is 0 Å². The average molecular weight is 205 g/mol. The van der Waals surface area contributed by atoms with Crippen molar-refractivity contribution in [3.05, 3.63) is 35.9 Å². The first-order chi connectivity index (χ1) is 7.20. The number of aliphatic hydroxyl groups excluding tert-OH is 1. The lowest BCUT2D eigenvalue weighted by Gasteiger charge is -2.16. The molecule has 3 nitrogen and oxygen atoms in total. The summed E-state index contributed by atoms with van der Waals surface area (Å²) in [4.78, 5) is 5.23. The summed E-state index contributed by atoms with van der Waals surface area (Å²) >= 11 is 0. The molecule has 0 amide bonds. The maximum absolute atomic E-state index is 9.49. The summed E-state index contributed by atoms with van der Waals surface area (Å²) in [6, 6.07) is 9.92. The van der Waals surface area contributed by atoms with Crippen molar-refractivity contribution < 1.29 is 9.94 Å². The second-order valence-electron chi connectivity index (χ2n) is 3.94. The van der Waals surface area contributed by atoms with Crippen molar-refractivity contribution in [1.82, 2.24) is 0 Å². The van der Waals surface area contributed by atoms with Gasteiger partial charge in [0.05, 0.1) is 11.8 Å². The van der Waals surface area contributed by atoms with Gasteiger partial charge in [-0.1, -0.05) is 42.4 Å². The number of hydrogen-bond acceptors (Lipinski definition) is 3. The van der Waals surface area contributed by atoms with Crippen molar-refractivity contribution >= 4 is 5.71 Å². The molecular formula is C12H15NO2. The molecule has 1 aliphatic rings. The molecule has 1 heterocycles. The predicted octanol–water partition coefficient (Wildman–Crippen LogP) is 1.81. The third-order valence-electron chi connectivity index (χ3n) is 2.74. The Kier molecular flexibility index (Phi) is 2.73. The number of nitrogens with zero attached hydrogens (tertiary/aromatic N) is 1. The Bertz CT molecular complexity index is 359. The summed E-state index contributed by atoms with van der Waals surface area (Å²) in [5.41, 5.74) is 1.98. The van der Waals surface area contributed by atoms with E-state index in [1.54, 1.807) is 6.92 Å². The van der Waals surface area contributed by atoms with Crippen LogP contribution >= 0.6 is 0 Å². The molecule has 0 aliphatic carbocycles. The molecule has 0 unspecified atom stereocenters. The van der Waals surface area contributed by atoms with Crippen LogP contribution in [0.2, 0.25) is 0 Å². The van der Waals surface area contributed by atoms with Crippen LogP contribution in [0.4, 0.5) is 0 Å². The summed E-state index contributed by atoms with van der Waals surface area (Å²) in [6.45, 7) is 3.75. The highest BCUT2D eigenvalue weighted by molar-refractivity contribution is 6.02. The summed E-state index contributed by atoms with van der Waals surface area (Å²) in [6.07, 6.45) is -0.717. The molecule has 1 aromatic carbocycles. The Morgan fingerprint density at radius 1 is 1.33 bits per heavy atom. The molecule has 0 bridgehead atoms. The van der Waals surface area contributed by atoms with E-state index < -0.39 is 6.10 Å². The summed E-state index contributed by atoms with van der Waals surface area (Å²) in [5.74, 6) is 0.132. The Balaban J connectivity index is 2.20. The van der Waals surface area contributed by atoms with E-state index in [4.69, 9.17) is 4.84 Å². The van der Waals surface area contributed by atoms with Crippen molar-refractivity contribution in [3.63, 3.8) is 0 Å². The molecule has 2 rings (SSSR count). The Labute approximate surface area is 89.4 Å². The van der Waals surface area contributed by atoms with Crippen molar-refractivity contribution in [2.24, 2.45) is 11.1 Å². The van der Waals surface area contributed by atoms with Crippen LogP contribution in [0.3, 0.4) is 0 Å². The van der Waals surface area contributed by atoms with Gasteiger partial charge in [0.25, 0.3) is 0 Å². The zero-order valence-corrected chi connectivity index (χ0v) is 8.92. The number of hydrogen-bond donors (Lipinski definition) is 1. The molecule has 0 spiro atoms. The van der Waals surface area contributed by atoms with Crippen LogP contribution in [-0.2, 0) is 4.84 Å². The van der Waals surface area contributed by atoms with E-state index >= 15 is 0 Å². The highest BCUT2D eigenvalue weighted by atomic mass is 16.7. The van der Waals surface area contributed by atoms with Crippen LogP contribution in [0.15, 0.2) is 35.5 Å². The normalized spacial score (nSPS) is 27.0. The fraction of sp³-hybridized carbons (Fsp3) is 0.417. The lowest BCUT2D eigenvalue weighted by Crippen LogP contribution is -2.31. The zero-order chi connectivity index (χ0) is 10.8. The van der Waals surface area contributed by atoms with Crippen LogP contribution in [-0.4, -0.2) is 23.0 Å². The Morgan fingerprint density at radius 2 is 2.00 bits per heavy atom. The molecule has 0 radical (unpaired) electrons. The second kappa shape index (κ2) is 4.03. The molecule has 1 aromatic rings. The first-order valence-electron chi connectivity index (χ1n) is 5.17. The van der Waals surface area contributed by atoms with Crippen LogP contribution in [0.5, 0.6) is 0 Å². The van der Waals surface area contributed by atoms with E-state index in [1.807, 2.05) is 37.3 Å². The summed E-state index contributed by atoms with van der Waals surface area (Å²) in [5, 5.41) is 13.5. The largest absolute Gasteiger partial charge is 0.389 e. The molecule has 0 fully saturated rings. The minimum Gasteiger partial charge on any atom is -0.389 e. The molecule has 80 valence electrons. The molecule has 0 saturated heterocycles. The molecular weight excluding hydrogens is 190 g/mol. The zero-order valence-electron chi connectivity index (χ0n) is 8.92. The molecule has 1 aliphatic heterocycles. The predicted molar refractivity (Wildman–Crippen MR) is 58.7 cm³/mol. The monoisotopic (exact) mass is 205 g/mol. The van der Waals surface area contributed by atoms with Gasteiger partial charge in [-0.25, -0.2) is 0 Å². The second-order valence-corrected chi connectivity index (χ2v) is 3.94. The molecule has 0 saturated carbocycles. The standard InChI is InChI=1S/C12H15NO2/c1-8-11(10-6-4-3-5-7-10)13-15-12(8)9(2)14/h3-9,12,14H,1-2H3/t8-,9+,12+/m1/s1. The third kappa shape index (κ3) is 1.88. The first kappa shape index (κ1) is 10.2. The van der Waals surface area contributed by atoms with E-state index in [-0.39, 0.29) is 12.0 Å². The summed E-state index contributed by atoms with van der Waals surface area (Å²) in [7, 11) is 0. The van der Waals surface area contributed by atoms with Crippen molar-refractivity contribution in [3.8, 4) is 0 Å². The first-order valence-corrected chi connectivity index (χ1v) is 5.17. The van der Waals surface area contributed by atoms with Gasteiger partial charge in [0, 0.05) is 5.92 Å². The van der Waals surface area contributed by atoms with Crippen LogP contribution in [0, 0.1) is 5.92 Å². The lowest BCUT2D eigenvalue weighted by molar-refractivity contribution is -0.0242. The molecule has 3 atom stereocenters. The lowest BCUT2D eigenvalue weighted by atomic mass is 9.92. The van der Waals surface area contributed by atoms with Gasteiger partial charge in [-0.05, 0) is 12.5 Å². The number of oxime groups is 1. The van der Waals surface area contributed by atoms with Gasteiger partial charge in [-0.15, -0.1) is 0 Å². The minimum absolute atomic E-state index is 0.132. The molecule has 0 aromatic heterocycles. The maximum atomic E-state index is 9.49. The summed E-state index contributed by atoms with van der Waals surface area (Å²) < 4.78 is 0. The fourth-order valence-electron chi connectivity index (χ4n) is 1.88. The Morgan fingerprint density at radius 3 is 2.53 bits per heavy atom.